The fourth-order valence-corrected chi connectivity index (χ4v) is 2.41. The van der Waals surface area contributed by atoms with Crippen molar-refractivity contribution in [3.05, 3.63) is 60.2 Å². The normalized spacial score (nSPS) is 10.5. The second-order valence-electron chi connectivity index (χ2n) is 4.36. The zero-order valence-electron chi connectivity index (χ0n) is 10.7. The van der Waals surface area contributed by atoms with Gasteiger partial charge < -0.3 is 4.57 Å². The first-order valence-corrected chi connectivity index (χ1v) is 6.29. The maximum atomic E-state index is 9.19. The molecule has 0 bridgehead atoms. The molecule has 2 aromatic carbocycles. The first-order chi connectivity index (χ1) is 9.35. The average molecular weight is 247 g/mol. The van der Waals surface area contributed by atoms with Crippen molar-refractivity contribution >= 4 is 10.8 Å². The first-order valence-electron chi connectivity index (χ1n) is 6.29. The van der Waals surface area contributed by atoms with Crippen LogP contribution in [-0.4, -0.2) is 9.55 Å². The van der Waals surface area contributed by atoms with E-state index in [1.165, 1.54) is 0 Å². The molecule has 0 aliphatic rings. The van der Waals surface area contributed by atoms with Crippen molar-refractivity contribution < 1.29 is 0 Å². The lowest BCUT2D eigenvalue weighted by Crippen LogP contribution is -2.00. The van der Waals surface area contributed by atoms with Gasteiger partial charge in [0, 0.05) is 29.6 Å². The highest BCUT2D eigenvalue weighted by Crippen LogP contribution is 2.26. The van der Waals surface area contributed by atoms with Gasteiger partial charge in [-0.25, -0.2) is 4.98 Å². The summed E-state index contributed by atoms with van der Waals surface area (Å²) in [7, 11) is 0. The topological polar surface area (TPSA) is 41.6 Å². The molecule has 0 unspecified atom stereocenters. The number of fused-ring (bicyclic) bond motifs is 1. The summed E-state index contributed by atoms with van der Waals surface area (Å²) in [4.78, 5) is 4.36. The lowest BCUT2D eigenvalue weighted by atomic mass is 10.0. The molecular formula is C16H13N3. The van der Waals surface area contributed by atoms with E-state index in [1.807, 2.05) is 48.8 Å². The summed E-state index contributed by atoms with van der Waals surface area (Å²) in [6, 6.07) is 14.1. The SMILES string of the molecule is CCc1nccn1-c1ccc(C#N)c2ccccc12. The zero-order chi connectivity index (χ0) is 13.2. The van der Waals surface area contributed by atoms with Crippen LogP contribution in [-0.2, 0) is 6.42 Å². The fourth-order valence-electron chi connectivity index (χ4n) is 2.41. The fraction of sp³-hybridized carbons (Fsp3) is 0.125. The van der Waals surface area contributed by atoms with Gasteiger partial charge in [-0.15, -0.1) is 0 Å². The highest BCUT2D eigenvalue weighted by Gasteiger charge is 2.09. The summed E-state index contributed by atoms with van der Waals surface area (Å²) in [5.74, 6) is 1.02. The number of rotatable bonds is 2. The summed E-state index contributed by atoms with van der Waals surface area (Å²) in [5.41, 5.74) is 1.78. The number of benzene rings is 2. The van der Waals surface area contributed by atoms with Crippen LogP contribution in [0.2, 0.25) is 0 Å². The van der Waals surface area contributed by atoms with E-state index < -0.39 is 0 Å². The van der Waals surface area contributed by atoms with E-state index in [9.17, 15) is 5.26 Å². The highest BCUT2D eigenvalue weighted by atomic mass is 15.1. The summed E-state index contributed by atoms with van der Waals surface area (Å²) < 4.78 is 2.09. The molecule has 0 atom stereocenters. The number of aryl methyl sites for hydroxylation is 1. The van der Waals surface area contributed by atoms with Crippen molar-refractivity contribution in [2.24, 2.45) is 0 Å². The molecule has 3 heteroatoms. The van der Waals surface area contributed by atoms with Crippen LogP contribution in [0.3, 0.4) is 0 Å². The Kier molecular flexibility index (Phi) is 2.77. The first kappa shape index (κ1) is 11.5. The van der Waals surface area contributed by atoms with Crippen molar-refractivity contribution in [3.8, 4) is 11.8 Å². The second kappa shape index (κ2) is 4.58. The number of imidazole rings is 1. The van der Waals surface area contributed by atoms with Gasteiger partial charge in [-0.05, 0) is 12.1 Å². The van der Waals surface area contributed by atoms with Crippen molar-refractivity contribution in [1.82, 2.24) is 9.55 Å². The molecule has 0 aliphatic carbocycles. The van der Waals surface area contributed by atoms with E-state index in [0.717, 1.165) is 28.7 Å². The minimum Gasteiger partial charge on any atom is -0.303 e. The molecule has 0 saturated heterocycles. The van der Waals surface area contributed by atoms with Gasteiger partial charge in [0.05, 0.1) is 17.3 Å². The third-order valence-electron chi connectivity index (χ3n) is 3.31. The predicted molar refractivity (Wildman–Crippen MR) is 75.2 cm³/mol. The molecule has 0 spiro atoms. The minimum absolute atomic E-state index is 0.706. The van der Waals surface area contributed by atoms with Gasteiger partial charge >= 0.3 is 0 Å². The van der Waals surface area contributed by atoms with Gasteiger partial charge in [-0.2, -0.15) is 5.26 Å². The van der Waals surface area contributed by atoms with E-state index in [1.54, 1.807) is 0 Å². The Morgan fingerprint density at radius 3 is 2.68 bits per heavy atom. The van der Waals surface area contributed by atoms with Gasteiger partial charge in [-0.1, -0.05) is 31.2 Å². The monoisotopic (exact) mass is 247 g/mol. The van der Waals surface area contributed by atoms with Crippen LogP contribution in [0.5, 0.6) is 0 Å². The molecule has 0 radical (unpaired) electrons. The zero-order valence-corrected chi connectivity index (χ0v) is 10.7. The standard InChI is InChI=1S/C16H13N3/c1-2-16-18-9-10-19(16)15-8-7-12(11-17)13-5-3-4-6-14(13)15/h3-10H,2H2,1H3. The van der Waals surface area contributed by atoms with Crippen molar-refractivity contribution in [2.45, 2.75) is 13.3 Å². The van der Waals surface area contributed by atoms with E-state index in [4.69, 9.17) is 0 Å². The largest absolute Gasteiger partial charge is 0.303 e. The molecule has 19 heavy (non-hydrogen) atoms. The van der Waals surface area contributed by atoms with Gasteiger partial charge in [-0.3, -0.25) is 0 Å². The molecule has 1 aromatic heterocycles. The van der Waals surface area contributed by atoms with Crippen LogP contribution in [0.25, 0.3) is 16.5 Å². The summed E-state index contributed by atoms with van der Waals surface area (Å²) >= 11 is 0. The van der Waals surface area contributed by atoms with Gasteiger partial charge in [0.25, 0.3) is 0 Å². The van der Waals surface area contributed by atoms with Crippen LogP contribution < -0.4 is 0 Å². The Bertz CT molecular complexity index is 778. The second-order valence-corrected chi connectivity index (χ2v) is 4.36. The summed E-state index contributed by atoms with van der Waals surface area (Å²) in [6.07, 6.45) is 4.65. The maximum absolute atomic E-state index is 9.19. The average Bonchev–Trinajstić information content (AvgIpc) is 2.94. The Morgan fingerprint density at radius 1 is 1.16 bits per heavy atom. The van der Waals surface area contributed by atoms with E-state index in [0.29, 0.717) is 5.56 Å². The Balaban J connectivity index is 2.35. The van der Waals surface area contributed by atoms with E-state index >= 15 is 0 Å². The minimum atomic E-state index is 0.706. The smallest absolute Gasteiger partial charge is 0.112 e. The highest BCUT2D eigenvalue weighted by molar-refractivity contribution is 5.94. The van der Waals surface area contributed by atoms with Crippen molar-refractivity contribution in [3.63, 3.8) is 0 Å². The van der Waals surface area contributed by atoms with Crippen LogP contribution in [0.15, 0.2) is 48.8 Å². The Morgan fingerprint density at radius 2 is 1.95 bits per heavy atom. The lowest BCUT2D eigenvalue weighted by Gasteiger charge is -2.11. The van der Waals surface area contributed by atoms with Crippen LogP contribution in [0, 0.1) is 11.3 Å². The van der Waals surface area contributed by atoms with E-state index in [2.05, 4.69) is 22.5 Å². The van der Waals surface area contributed by atoms with Crippen LogP contribution in [0.4, 0.5) is 0 Å². The quantitative estimate of drug-likeness (QED) is 0.696. The van der Waals surface area contributed by atoms with E-state index in [-0.39, 0.29) is 0 Å². The number of nitrogens with zero attached hydrogens (tertiary/aromatic N) is 3. The molecule has 1 heterocycles. The number of hydrogen-bond donors (Lipinski definition) is 0. The van der Waals surface area contributed by atoms with Crippen LogP contribution >= 0.6 is 0 Å². The molecule has 0 saturated carbocycles. The summed E-state index contributed by atoms with van der Waals surface area (Å²) in [6.45, 7) is 2.09. The number of nitriles is 1. The maximum Gasteiger partial charge on any atom is 0.112 e. The third kappa shape index (κ3) is 1.78. The van der Waals surface area contributed by atoms with Crippen LogP contribution in [0.1, 0.15) is 18.3 Å². The molecular weight excluding hydrogens is 234 g/mol. The van der Waals surface area contributed by atoms with Gasteiger partial charge in [0.15, 0.2) is 0 Å². The predicted octanol–water partition coefficient (Wildman–Crippen LogP) is 3.46. The Hall–Kier alpha value is -2.60. The molecule has 0 aliphatic heterocycles. The number of hydrogen-bond acceptors (Lipinski definition) is 2. The summed E-state index contributed by atoms with van der Waals surface area (Å²) in [5, 5.41) is 11.3. The molecule has 0 fully saturated rings. The molecule has 0 N–H and O–H groups in total. The lowest BCUT2D eigenvalue weighted by molar-refractivity contribution is 0.896. The van der Waals surface area contributed by atoms with Crippen molar-refractivity contribution in [1.29, 1.82) is 5.26 Å². The molecule has 3 nitrogen and oxygen atoms in total. The molecule has 3 aromatic rings. The number of aromatic nitrogens is 2. The third-order valence-corrected chi connectivity index (χ3v) is 3.31. The van der Waals surface area contributed by atoms with Gasteiger partial charge in [0.1, 0.15) is 5.82 Å². The molecule has 0 amide bonds. The molecule has 3 rings (SSSR count). The Labute approximate surface area is 111 Å². The molecule has 92 valence electrons. The van der Waals surface area contributed by atoms with Crippen molar-refractivity contribution in [2.75, 3.05) is 0 Å². The van der Waals surface area contributed by atoms with Gasteiger partial charge in [0.2, 0.25) is 0 Å².